The Hall–Kier alpha value is -2.95. The van der Waals surface area contributed by atoms with Gasteiger partial charge in [-0.3, -0.25) is 4.79 Å². The maximum absolute atomic E-state index is 12.6. The molecule has 116 valence electrons. The average molecular weight is 306 g/mol. The third-order valence-corrected chi connectivity index (χ3v) is 3.81. The van der Waals surface area contributed by atoms with Crippen LogP contribution in [0.5, 0.6) is 0 Å². The molecular formula is C18H18N4O. The summed E-state index contributed by atoms with van der Waals surface area (Å²) in [7, 11) is 0. The van der Waals surface area contributed by atoms with Crippen LogP contribution < -0.4 is 5.32 Å². The van der Waals surface area contributed by atoms with Crippen LogP contribution in [-0.2, 0) is 10.2 Å². The van der Waals surface area contributed by atoms with Crippen LogP contribution in [0.2, 0.25) is 0 Å². The molecule has 0 atom stereocenters. The topological polar surface area (TPSA) is 59.8 Å². The van der Waals surface area contributed by atoms with Gasteiger partial charge in [0.1, 0.15) is 0 Å². The maximum Gasteiger partial charge on any atom is 0.234 e. The van der Waals surface area contributed by atoms with Gasteiger partial charge in [0.25, 0.3) is 0 Å². The number of nitrogens with zero attached hydrogens (tertiary/aromatic N) is 3. The highest BCUT2D eigenvalue weighted by Crippen LogP contribution is 2.24. The van der Waals surface area contributed by atoms with Gasteiger partial charge in [0, 0.05) is 12.4 Å². The number of aromatic nitrogens is 3. The van der Waals surface area contributed by atoms with Crippen molar-refractivity contribution in [2.24, 2.45) is 0 Å². The predicted molar refractivity (Wildman–Crippen MR) is 89.5 cm³/mol. The number of carbonyl (C=O) groups excluding carboxylic acids is 1. The molecule has 0 saturated carbocycles. The molecular weight excluding hydrogens is 288 g/mol. The van der Waals surface area contributed by atoms with Gasteiger partial charge >= 0.3 is 0 Å². The SMILES string of the molecule is CC(C)(C(=O)Nc1ccc(-n2cccn2)nc1)c1ccccc1. The van der Waals surface area contributed by atoms with Crippen molar-refractivity contribution in [2.75, 3.05) is 5.32 Å². The summed E-state index contributed by atoms with van der Waals surface area (Å²) in [6.07, 6.45) is 5.15. The normalized spacial score (nSPS) is 11.2. The van der Waals surface area contributed by atoms with Gasteiger partial charge in [0.2, 0.25) is 5.91 Å². The summed E-state index contributed by atoms with van der Waals surface area (Å²) in [5, 5.41) is 7.04. The number of pyridine rings is 1. The molecule has 1 aromatic carbocycles. The van der Waals surface area contributed by atoms with Gasteiger partial charge in [0.05, 0.1) is 17.3 Å². The Balaban J connectivity index is 1.75. The molecule has 1 N–H and O–H groups in total. The fraction of sp³-hybridized carbons (Fsp3) is 0.167. The number of carbonyl (C=O) groups is 1. The summed E-state index contributed by atoms with van der Waals surface area (Å²) < 4.78 is 1.67. The molecule has 2 aromatic heterocycles. The van der Waals surface area contributed by atoms with E-state index in [9.17, 15) is 4.79 Å². The van der Waals surface area contributed by atoms with Crippen LogP contribution in [0.25, 0.3) is 5.82 Å². The van der Waals surface area contributed by atoms with Crippen LogP contribution in [-0.4, -0.2) is 20.7 Å². The van der Waals surface area contributed by atoms with E-state index in [0.29, 0.717) is 11.5 Å². The minimum Gasteiger partial charge on any atom is -0.324 e. The van der Waals surface area contributed by atoms with Crippen LogP contribution in [0.3, 0.4) is 0 Å². The first-order valence-corrected chi connectivity index (χ1v) is 7.40. The van der Waals surface area contributed by atoms with Crippen molar-refractivity contribution in [3.8, 4) is 5.82 Å². The molecule has 0 aliphatic rings. The molecule has 3 aromatic rings. The van der Waals surface area contributed by atoms with Crippen molar-refractivity contribution in [3.63, 3.8) is 0 Å². The Kier molecular flexibility index (Phi) is 3.93. The van der Waals surface area contributed by atoms with Crippen LogP contribution >= 0.6 is 0 Å². The third kappa shape index (κ3) is 3.13. The number of benzene rings is 1. The molecule has 1 amide bonds. The summed E-state index contributed by atoms with van der Waals surface area (Å²) in [6, 6.07) is 15.2. The molecule has 0 spiro atoms. The Morgan fingerprint density at radius 3 is 2.48 bits per heavy atom. The Labute approximate surface area is 135 Å². The maximum atomic E-state index is 12.6. The lowest BCUT2D eigenvalue weighted by Crippen LogP contribution is -2.34. The first kappa shape index (κ1) is 15.0. The van der Waals surface area contributed by atoms with E-state index < -0.39 is 5.41 Å². The summed E-state index contributed by atoms with van der Waals surface area (Å²) in [5.41, 5.74) is 1.01. The fourth-order valence-corrected chi connectivity index (χ4v) is 2.27. The number of nitrogens with one attached hydrogen (secondary N) is 1. The Bertz CT molecular complexity index is 778. The van der Waals surface area contributed by atoms with Gasteiger partial charge in [-0.15, -0.1) is 0 Å². The molecule has 0 saturated heterocycles. The second-order valence-corrected chi connectivity index (χ2v) is 5.80. The van der Waals surface area contributed by atoms with E-state index in [-0.39, 0.29) is 5.91 Å². The molecule has 0 fully saturated rings. The van der Waals surface area contributed by atoms with Gasteiger partial charge < -0.3 is 5.32 Å². The molecule has 0 unspecified atom stereocenters. The second-order valence-electron chi connectivity index (χ2n) is 5.80. The minimum absolute atomic E-state index is 0.0719. The summed E-state index contributed by atoms with van der Waals surface area (Å²) >= 11 is 0. The minimum atomic E-state index is -0.623. The van der Waals surface area contributed by atoms with E-state index in [4.69, 9.17) is 0 Å². The quantitative estimate of drug-likeness (QED) is 0.805. The average Bonchev–Trinajstić information content (AvgIpc) is 3.11. The van der Waals surface area contributed by atoms with Crippen LogP contribution in [0.4, 0.5) is 5.69 Å². The molecule has 0 aliphatic carbocycles. The van der Waals surface area contributed by atoms with Crippen molar-refractivity contribution >= 4 is 11.6 Å². The molecule has 3 rings (SSSR count). The van der Waals surface area contributed by atoms with E-state index in [1.807, 2.05) is 68.6 Å². The number of anilines is 1. The first-order chi connectivity index (χ1) is 11.1. The number of amides is 1. The molecule has 5 heteroatoms. The van der Waals surface area contributed by atoms with Crippen LogP contribution in [0.15, 0.2) is 67.1 Å². The standard InChI is InChI=1S/C18H18N4O/c1-18(2,14-7-4-3-5-8-14)17(23)21-15-9-10-16(19-13-15)22-12-6-11-20-22/h3-13H,1-2H3,(H,21,23). The van der Waals surface area contributed by atoms with Crippen molar-refractivity contribution in [1.82, 2.24) is 14.8 Å². The highest BCUT2D eigenvalue weighted by Gasteiger charge is 2.29. The number of hydrogen-bond acceptors (Lipinski definition) is 3. The summed E-state index contributed by atoms with van der Waals surface area (Å²) in [5.74, 6) is 0.632. The third-order valence-electron chi connectivity index (χ3n) is 3.81. The molecule has 2 heterocycles. The predicted octanol–water partition coefficient (Wildman–Crippen LogP) is 3.18. The van der Waals surface area contributed by atoms with E-state index in [1.165, 1.54) is 0 Å². The monoisotopic (exact) mass is 306 g/mol. The van der Waals surface area contributed by atoms with Gasteiger partial charge in [-0.2, -0.15) is 5.10 Å². The van der Waals surface area contributed by atoms with Gasteiger partial charge in [-0.1, -0.05) is 30.3 Å². The van der Waals surface area contributed by atoms with Crippen molar-refractivity contribution in [3.05, 3.63) is 72.7 Å². The van der Waals surface area contributed by atoms with Gasteiger partial charge in [-0.25, -0.2) is 9.67 Å². The smallest absolute Gasteiger partial charge is 0.234 e. The van der Waals surface area contributed by atoms with E-state index >= 15 is 0 Å². The fourth-order valence-electron chi connectivity index (χ4n) is 2.27. The van der Waals surface area contributed by atoms with E-state index in [2.05, 4.69) is 15.4 Å². The van der Waals surface area contributed by atoms with Gasteiger partial charge in [0.15, 0.2) is 5.82 Å². The zero-order chi connectivity index (χ0) is 16.3. The zero-order valence-corrected chi connectivity index (χ0v) is 13.1. The summed E-state index contributed by atoms with van der Waals surface area (Å²) in [4.78, 5) is 16.9. The Morgan fingerprint density at radius 2 is 1.87 bits per heavy atom. The van der Waals surface area contributed by atoms with E-state index in [1.54, 1.807) is 17.1 Å². The van der Waals surface area contributed by atoms with E-state index in [0.717, 1.165) is 5.56 Å². The lowest BCUT2D eigenvalue weighted by molar-refractivity contribution is -0.120. The molecule has 23 heavy (non-hydrogen) atoms. The Morgan fingerprint density at radius 1 is 1.09 bits per heavy atom. The van der Waals surface area contributed by atoms with Crippen LogP contribution in [0.1, 0.15) is 19.4 Å². The first-order valence-electron chi connectivity index (χ1n) is 7.40. The highest BCUT2D eigenvalue weighted by molar-refractivity contribution is 5.98. The van der Waals surface area contributed by atoms with Crippen molar-refractivity contribution in [1.29, 1.82) is 0 Å². The molecule has 0 aliphatic heterocycles. The van der Waals surface area contributed by atoms with Crippen molar-refractivity contribution < 1.29 is 4.79 Å². The molecule has 0 radical (unpaired) electrons. The molecule has 5 nitrogen and oxygen atoms in total. The van der Waals surface area contributed by atoms with Crippen molar-refractivity contribution in [2.45, 2.75) is 19.3 Å². The van der Waals surface area contributed by atoms with Gasteiger partial charge in [-0.05, 0) is 37.6 Å². The number of hydrogen-bond donors (Lipinski definition) is 1. The highest BCUT2D eigenvalue weighted by atomic mass is 16.2. The summed E-state index contributed by atoms with van der Waals surface area (Å²) in [6.45, 7) is 3.81. The van der Waals surface area contributed by atoms with Crippen LogP contribution in [0, 0.1) is 0 Å². The molecule has 0 bridgehead atoms. The lowest BCUT2D eigenvalue weighted by Gasteiger charge is -2.24. The largest absolute Gasteiger partial charge is 0.324 e. The second kappa shape index (κ2) is 6.04. The number of rotatable bonds is 4. The zero-order valence-electron chi connectivity index (χ0n) is 13.1. The lowest BCUT2D eigenvalue weighted by atomic mass is 9.84.